The van der Waals surface area contributed by atoms with Gasteiger partial charge < -0.3 is 10.6 Å². The number of nitro groups is 1. The number of rotatable bonds is 7. The largest absolute Gasteiger partial charge is 0.350 e. The minimum absolute atomic E-state index is 0.0484. The van der Waals surface area contributed by atoms with E-state index in [-0.39, 0.29) is 34.6 Å². The fourth-order valence-corrected chi connectivity index (χ4v) is 2.77. The number of halogens is 2. The Labute approximate surface area is 172 Å². The summed E-state index contributed by atoms with van der Waals surface area (Å²) in [6.07, 6.45) is 0. The third-order valence-corrected chi connectivity index (χ3v) is 4.59. The number of nitro benzene ring substituents is 1. The van der Waals surface area contributed by atoms with Gasteiger partial charge in [0.15, 0.2) is 0 Å². The second kappa shape index (κ2) is 9.52. The van der Waals surface area contributed by atoms with Crippen LogP contribution in [0.4, 0.5) is 5.69 Å². The van der Waals surface area contributed by atoms with Crippen LogP contribution in [-0.2, 0) is 11.3 Å². The number of nitrogens with one attached hydrogen (secondary N) is 2. The lowest BCUT2D eigenvalue weighted by atomic mass is 10.0. The van der Waals surface area contributed by atoms with Crippen molar-refractivity contribution in [2.75, 3.05) is 0 Å². The summed E-state index contributed by atoms with van der Waals surface area (Å²) in [4.78, 5) is 35.4. The van der Waals surface area contributed by atoms with Crippen molar-refractivity contribution in [3.8, 4) is 0 Å². The first-order valence-electron chi connectivity index (χ1n) is 8.46. The molecule has 0 radical (unpaired) electrons. The lowest BCUT2D eigenvalue weighted by Gasteiger charge is -2.22. The van der Waals surface area contributed by atoms with Gasteiger partial charge >= 0.3 is 0 Å². The van der Waals surface area contributed by atoms with E-state index in [9.17, 15) is 19.7 Å². The van der Waals surface area contributed by atoms with E-state index in [1.54, 1.807) is 38.1 Å². The molecule has 0 saturated carbocycles. The van der Waals surface area contributed by atoms with Gasteiger partial charge in [-0.25, -0.2) is 0 Å². The van der Waals surface area contributed by atoms with E-state index in [2.05, 4.69) is 10.6 Å². The topological polar surface area (TPSA) is 101 Å². The Morgan fingerprint density at radius 2 is 1.75 bits per heavy atom. The number of carbonyl (C=O) groups is 2. The van der Waals surface area contributed by atoms with Crippen molar-refractivity contribution in [3.63, 3.8) is 0 Å². The van der Waals surface area contributed by atoms with Crippen LogP contribution < -0.4 is 10.6 Å². The number of nitrogens with zero attached hydrogens (tertiary/aromatic N) is 1. The maximum absolute atomic E-state index is 12.5. The zero-order valence-corrected chi connectivity index (χ0v) is 16.8. The fourth-order valence-electron chi connectivity index (χ4n) is 2.45. The molecule has 0 fully saturated rings. The zero-order chi connectivity index (χ0) is 20.8. The minimum atomic E-state index is -0.811. The van der Waals surface area contributed by atoms with Crippen molar-refractivity contribution in [1.82, 2.24) is 10.6 Å². The molecule has 2 aromatic carbocycles. The lowest BCUT2D eigenvalue weighted by Crippen LogP contribution is -2.49. The molecule has 148 valence electrons. The summed E-state index contributed by atoms with van der Waals surface area (Å²) >= 11 is 11.6. The number of amides is 2. The van der Waals surface area contributed by atoms with Gasteiger partial charge in [-0.2, -0.15) is 0 Å². The highest BCUT2D eigenvalue weighted by molar-refractivity contribution is 6.32. The van der Waals surface area contributed by atoms with E-state index in [0.717, 1.165) is 11.6 Å². The molecular weight excluding hydrogens is 405 g/mol. The summed E-state index contributed by atoms with van der Waals surface area (Å²) in [6.45, 7) is 3.86. The van der Waals surface area contributed by atoms with E-state index in [1.165, 1.54) is 12.1 Å². The number of hydrogen-bond acceptors (Lipinski definition) is 4. The summed E-state index contributed by atoms with van der Waals surface area (Å²) in [7, 11) is 0. The molecule has 1 unspecified atom stereocenters. The molecule has 1 atom stereocenters. The smallest absolute Gasteiger partial charge is 0.288 e. The van der Waals surface area contributed by atoms with Crippen LogP contribution in [-0.4, -0.2) is 22.8 Å². The van der Waals surface area contributed by atoms with Gasteiger partial charge in [0.1, 0.15) is 11.1 Å². The Hall–Kier alpha value is -2.64. The first-order valence-corrected chi connectivity index (χ1v) is 9.21. The molecular formula is C19H19Cl2N3O4. The average Bonchev–Trinajstić information content (AvgIpc) is 2.65. The van der Waals surface area contributed by atoms with Gasteiger partial charge in [-0.15, -0.1) is 0 Å². The van der Waals surface area contributed by atoms with Gasteiger partial charge in [0.2, 0.25) is 5.91 Å². The first-order chi connectivity index (χ1) is 13.2. The van der Waals surface area contributed by atoms with Gasteiger partial charge in [0.25, 0.3) is 11.6 Å². The molecule has 0 heterocycles. The van der Waals surface area contributed by atoms with Crippen molar-refractivity contribution in [2.24, 2.45) is 5.92 Å². The van der Waals surface area contributed by atoms with Crippen molar-refractivity contribution >= 4 is 40.7 Å². The summed E-state index contributed by atoms with van der Waals surface area (Å²) in [5.74, 6) is -1.15. The molecule has 28 heavy (non-hydrogen) atoms. The molecule has 0 aliphatic heterocycles. The summed E-state index contributed by atoms with van der Waals surface area (Å²) in [5, 5.41) is 16.9. The molecule has 0 saturated heterocycles. The predicted molar refractivity (Wildman–Crippen MR) is 107 cm³/mol. The van der Waals surface area contributed by atoms with Crippen LogP contribution >= 0.6 is 23.2 Å². The SMILES string of the molecule is CC(C)C(NC(=O)c1ccc(Cl)c([N+](=O)[O-])c1)C(=O)NCc1ccc(Cl)cc1. The van der Waals surface area contributed by atoms with Gasteiger partial charge in [0, 0.05) is 23.2 Å². The Morgan fingerprint density at radius 3 is 2.32 bits per heavy atom. The highest BCUT2D eigenvalue weighted by Gasteiger charge is 2.25. The maximum atomic E-state index is 12.5. The van der Waals surface area contributed by atoms with Gasteiger partial charge in [0.05, 0.1) is 4.92 Å². The van der Waals surface area contributed by atoms with Crippen LogP contribution in [0.25, 0.3) is 0 Å². The van der Waals surface area contributed by atoms with Gasteiger partial charge in [-0.05, 0) is 35.7 Å². The third-order valence-electron chi connectivity index (χ3n) is 4.02. The van der Waals surface area contributed by atoms with Gasteiger partial charge in [-0.3, -0.25) is 19.7 Å². The third kappa shape index (κ3) is 5.68. The molecule has 2 rings (SSSR count). The fraction of sp³-hybridized carbons (Fsp3) is 0.263. The van der Waals surface area contributed by atoms with Crippen LogP contribution in [0.5, 0.6) is 0 Å². The van der Waals surface area contributed by atoms with Crippen molar-refractivity contribution in [2.45, 2.75) is 26.4 Å². The van der Waals surface area contributed by atoms with E-state index in [1.807, 2.05) is 0 Å². The molecule has 0 aliphatic rings. The van der Waals surface area contributed by atoms with Crippen LogP contribution in [0.15, 0.2) is 42.5 Å². The van der Waals surface area contributed by atoms with E-state index in [0.29, 0.717) is 5.02 Å². The summed E-state index contributed by atoms with van der Waals surface area (Å²) < 4.78 is 0. The van der Waals surface area contributed by atoms with Crippen LogP contribution in [0.1, 0.15) is 29.8 Å². The second-order valence-electron chi connectivity index (χ2n) is 6.46. The molecule has 0 bridgehead atoms. The van der Waals surface area contributed by atoms with E-state index < -0.39 is 16.9 Å². The second-order valence-corrected chi connectivity index (χ2v) is 7.31. The predicted octanol–water partition coefficient (Wildman–Crippen LogP) is 3.97. The maximum Gasteiger partial charge on any atom is 0.288 e. The Balaban J connectivity index is 2.08. The van der Waals surface area contributed by atoms with Crippen molar-refractivity contribution < 1.29 is 14.5 Å². The highest BCUT2D eigenvalue weighted by Crippen LogP contribution is 2.25. The first kappa shape index (κ1) is 21.7. The zero-order valence-electron chi connectivity index (χ0n) is 15.2. The minimum Gasteiger partial charge on any atom is -0.350 e. The molecule has 0 aliphatic carbocycles. The quantitative estimate of drug-likeness (QED) is 0.519. The summed E-state index contributed by atoms with van der Waals surface area (Å²) in [5.41, 5.74) is 0.537. The standard InChI is InChI=1S/C19H19Cl2N3O4/c1-11(2)17(19(26)22-10-12-3-6-14(20)7-4-12)23-18(25)13-5-8-15(21)16(9-13)24(27)28/h3-9,11,17H,10H2,1-2H3,(H,22,26)(H,23,25). The number of carbonyl (C=O) groups excluding carboxylic acids is 2. The van der Waals surface area contributed by atoms with Crippen molar-refractivity contribution in [1.29, 1.82) is 0 Å². The molecule has 0 aromatic heterocycles. The number of hydrogen-bond donors (Lipinski definition) is 2. The molecule has 2 amide bonds. The van der Waals surface area contributed by atoms with E-state index >= 15 is 0 Å². The molecule has 2 aromatic rings. The molecule has 9 heteroatoms. The highest BCUT2D eigenvalue weighted by atomic mass is 35.5. The summed E-state index contributed by atoms with van der Waals surface area (Å²) in [6, 6.07) is 9.94. The lowest BCUT2D eigenvalue weighted by molar-refractivity contribution is -0.384. The van der Waals surface area contributed by atoms with Crippen LogP contribution in [0.2, 0.25) is 10.0 Å². The van der Waals surface area contributed by atoms with Gasteiger partial charge in [-0.1, -0.05) is 49.2 Å². The Morgan fingerprint density at radius 1 is 1.11 bits per heavy atom. The van der Waals surface area contributed by atoms with E-state index in [4.69, 9.17) is 23.2 Å². The average molecular weight is 424 g/mol. The Bertz CT molecular complexity index is 885. The monoisotopic (exact) mass is 423 g/mol. The Kier molecular flexibility index (Phi) is 7.37. The molecule has 2 N–H and O–H groups in total. The normalized spacial score (nSPS) is 11.8. The molecule has 0 spiro atoms. The number of benzene rings is 2. The van der Waals surface area contributed by atoms with Crippen molar-refractivity contribution in [3.05, 3.63) is 73.8 Å². The van der Waals surface area contributed by atoms with Crippen LogP contribution in [0.3, 0.4) is 0 Å². The molecule has 7 nitrogen and oxygen atoms in total. The van der Waals surface area contributed by atoms with Crippen LogP contribution in [0, 0.1) is 16.0 Å².